The lowest BCUT2D eigenvalue weighted by molar-refractivity contribution is -0.139. The largest absolute Gasteiger partial charge is 0.348 e. The minimum Gasteiger partial charge on any atom is -0.348 e. The Kier molecular flexibility index (Phi) is 4.09. The zero-order valence-corrected chi connectivity index (χ0v) is 11.1. The summed E-state index contributed by atoms with van der Waals surface area (Å²) in [4.78, 5) is 1.24. The third-order valence-electron chi connectivity index (χ3n) is 2.69. The molecule has 0 saturated carbocycles. The predicted octanol–water partition coefficient (Wildman–Crippen LogP) is 2.26. The fourth-order valence-electron chi connectivity index (χ4n) is 1.74. The maximum absolute atomic E-state index is 6.12. The average Bonchev–Trinajstić information content (AvgIpc) is 2.68. The van der Waals surface area contributed by atoms with Gasteiger partial charge >= 0.3 is 0 Å². The molecule has 94 valence electrons. The first-order chi connectivity index (χ1) is 8.07. The summed E-state index contributed by atoms with van der Waals surface area (Å²) in [5.41, 5.74) is 6.12. The van der Waals surface area contributed by atoms with Gasteiger partial charge in [-0.2, -0.15) is 0 Å². The van der Waals surface area contributed by atoms with E-state index in [4.69, 9.17) is 15.2 Å². The van der Waals surface area contributed by atoms with Crippen LogP contribution >= 0.6 is 11.8 Å². The monoisotopic (exact) mass is 253 g/mol. The summed E-state index contributed by atoms with van der Waals surface area (Å²) in [6.45, 7) is 4.43. The van der Waals surface area contributed by atoms with E-state index in [9.17, 15) is 0 Å². The van der Waals surface area contributed by atoms with Gasteiger partial charge in [0, 0.05) is 16.7 Å². The van der Waals surface area contributed by atoms with Gasteiger partial charge in [-0.15, -0.1) is 11.8 Å². The van der Waals surface area contributed by atoms with Crippen LogP contribution in [0.25, 0.3) is 0 Å². The molecule has 0 radical (unpaired) electrons. The summed E-state index contributed by atoms with van der Waals surface area (Å²) in [6.07, 6.45) is 0.00112. The fourth-order valence-corrected chi connectivity index (χ4v) is 2.69. The van der Waals surface area contributed by atoms with Crippen LogP contribution in [0.3, 0.4) is 0 Å². The molecule has 3 nitrogen and oxygen atoms in total. The number of ether oxygens (including phenoxy) is 2. The number of hydrogen-bond donors (Lipinski definition) is 1. The molecule has 4 heteroatoms. The second kappa shape index (κ2) is 5.40. The fraction of sp³-hybridized carbons (Fsp3) is 0.538. The lowest BCUT2D eigenvalue weighted by atomic mass is 10.2. The number of nitrogens with two attached hydrogens (primary N) is 1. The van der Waals surface area contributed by atoms with E-state index in [1.165, 1.54) is 4.90 Å². The molecular weight excluding hydrogens is 234 g/mol. The third kappa shape index (κ3) is 3.71. The zero-order chi connectivity index (χ0) is 12.3. The van der Waals surface area contributed by atoms with Crippen molar-refractivity contribution in [2.45, 2.75) is 36.7 Å². The molecular formula is C13H19NO2S. The van der Waals surface area contributed by atoms with E-state index in [-0.39, 0.29) is 12.1 Å². The Morgan fingerprint density at radius 2 is 2.12 bits per heavy atom. The molecule has 0 aromatic heterocycles. The summed E-state index contributed by atoms with van der Waals surface area (Å²) in [7, 11) is 0. The smallest absolute Gasteiger partial charge is 0.163 e. The first kappa shape index (κ1) is 12.9. The summed E-state index contributed by atoms with van der Waals surface area (Å²) in [5, 5.41) is 0. The van der Waals surface area contributed by atoms with Gasteiger partial charge in [0.05, 0.1) is 6.61 Å². The van der Waals surface area contributed by atoms with Gasteiger partial charge in [0.2, 0.25) is 0 Å². The molecule has 17 heavy (non-hydrogen) atoms. The van der Waals surface area contributed by atoms with Gasteiger partial charge in [0.25, 0.3) is 0 Å². The van der Waals surface area contributed by atoms with Crippen molar-refractivity contribution < 1.29 is 9.47 Å². The maximum Gasteiger partial charge on any atom is 0.163 e. The summed E-state index contributed by atoms with van der Waals surface area (Å²) >= 11 is 1.75. The molecule has 1 aliphatic heterocycles. The molecule has 2 N–H and O–H groups in total. The van der Waals surface area contributed by atoms with Crippen LogP contribution < -0.4 is 5.73 Å². The Balaban J connectivity index is 1.80. The first-order valence-corrected chi connectivity index (χ1v) is 6.80. The van der Waals surface area contributed by atoms with Crippen molar-refractivity contribution in [1.29, 1.82) is 0 Å². The van der Waals surface area contributed by atoms with Gasteiger partial charge in [-0.3, -0.25) is 0 Å². The molecule has 2 atom stereocenters. The lowest BCUT2D eigenvalue weighted by Gasteiger charge is -2.20. The third-order valence-corrected chi connectivity index (χ3v) is 3.85. The van der Waals surface area contributed by atoms with Crippen LogP contribution in [0.4, 0.5) is 0 Å². The van der Waals surface area contributed by atoms with E-state index in [0.717, 1.165) is 5.75 Å². The van der Waals surface area contributed by atoms with E-state index >= 15 is 0 Å². The average molecular weight is 253 g/mol. The normalized spacial score (nSPS) is 24.8. The second-order valence-electron chi connectivity index (χ2n) is 4.66. The summed E-state index contributed by atoms with van der Waals surface area (Å²) < 4.78 is 11.3. The van der Waals surface area contributed by atoms with Crippen molar-refractivity contribution in [3.8, 4) is 0 Å². The van der Waals surface area contributed by atoms with Gasteiger partial charge in [-0.1, -0.05) is 18.2 Å². The van der Waals surface area contributed by atoms with Crippen molar-refractivity contribution in [2.24, 2.45) is 5.73 Å². The molecule has 0 amide bonds. The van der Waals surface area contributed by atoms with Crippen molar-refractivity contribution >= 4 is 11.8 Å². The highest BCUT2D eigenvalue weighted by molar-refractivity contribution is 7.99. The Hall–Kier alpha value is -0.550. The lowest BCUT2D eigenvalue weighted by Crippen LogP contribution is -2.39. The molecule has 2 rings (SSSR count). The highest BCUT2D eigenvalue weighted by Crippen LogP contribution is 2.26. The van der Waals surface area contributed by atoms with Crippen LogP contribution in [-0.2, 0) is 9.47 Å². The quantitative estimate of drug-likeness (QED) is 0.836. The minimum absolute atomic E-state index is 0.00112. The molecule has 1 saturated heterocycles. The van der Waals surface area contributed by atoms with E-state index < -0.39 is 5.79 Å². The Morgan fingerprint density at radius 3 is 2.71 bits per heavy atom. The minimum atomic E-state index is -0.486. The Bertz CT molecular complexity index is 356. The summed E-state index contributed by atoms with van der Waals surface area (Å²) in [6, 6.07) is 10.3. The van der Waals surface area contributed by atoms with Crippen molar-refractivity contribution in [1.82, 2.24) is 0 Å². The maximum atomic E-state index is 6.12. The standard InChI is InChI=1S/C13H19NO2S/c1-13(2)15-8-12(16-13)11(14)9-17-10-6-4-3-5-7-10/h3-7,11-12H,8-9,14H2,1-2H3/t11-,12+/m0/s1. The SMILES string of the molecule is CC1(C)OC[C@H]([C@@H](N)CSc2ccccc2)O1. The molecule has 1 fully saturated rings. The van der Waals surface area contributed by atoms with Gasteiger partial charge in [-0.25, -0.2) is 0 Å². The number of rotatable bonds is 4. The van der Waals surface area contributed by atoms with Crippen molar-refractivity contribution in [3.05, 3.63) is 30.3 Å². The second-order valence-corrected chi connectivity index (χ2v) is 5.75. The Morgan fingerprint density at radius 1 is 1.41 bits per heavy atom. The van der Waals surface area contributed by atoms with Gasteiger partial charge in [0.15, 0.2) is 5.79 Å². The van der Waals surface area contributed by atoms with Crippen LogP contribution in [0.15, 0.2) is 35.2 Å². The van der Waals surface area contributed by atoms with Crippen LogP contribution in [-0.4, -0.2) is 30.3 Å². The van der Waals surface area contributed by atoms with Crippen LogP contribution in [0, 0.1) is 0 Å². The zero-order valence-electron chi connectivity index (χ0n) is 10.3. The van der Waals surface area contributed by atoms with Gasteiger partial charge in [0.1, 0.15) is 6.10 Å². The highest BCUT2D eigenvalue weighted by atomic mass is 32.2. The molecule has 1 aromatic rings. The van der Waals surface area contributed by atoms with Crippen molar-refractivity contribution in [2.75, 3.05) is 12.4 Å². The van der Waals surface area contributed by atoms with Crippen molar-refractivity contribution in [3.63, 3.8) is 0 Å². The van der Waals surface area contributed by atoms with E-state index in [0.29, 0.717) is 6.61 Å². The molecule has 1 aromatic carbocycles. The molecule has 0 aliphatic carbocycles. The van der Waals surface area contributed by atoms with Crippen LogP contribution in [0.2, 0.25) is 0 Å². The molecule has 1 aliphatic rings. The van der Waals surface area contributed by atoms with Gasteiger partial charge < -0.3 is 15.2 Å². The van der Waals surface area contributed by atoms with E-state index in [1.54, 1.807) is 11.8 Å². The summed E-state index contributed by atoms with van der Waals surface area (Å²) in [5.74, 6) is 0.355. The predicted molar refractivity (Wildman–Crippen MR) is 70.0 cm³/mol. The molecule has 1 heterocycles. The number of thioether (sulfide) groups is 1. The molecule has 0 bridgehead atoms. The van der Waals surface area contributed by atoms with E-state index in [2.05, 4.69) is 12.1 Å². The number of hydrogen-bond acceptors (Lipinski definition) is 4. The molecule has 0 unspecified atom stereocenters. The molecule has 0 spiro atoms. The first-order valence-electron chi connectivity index (χ1n) is 5.82. The number of benzene rings is 1. The van der Waals surface area contributed by atoms with Gasteiger partial charge in [-0.05, 0) is 26.0 Å². The van der Waals surface area contributed by atoms with E-state index in [1.807, 2.05) is 32.0 Å². The Labute approximate surface area is 107 Å². The highest BCUT2D eigenvalue weighted by Gasteiger charge is 2.35. The topological polar surface area (TPSA) is 44.5 Å². The van der Waals surface area contributed by atoms with Crippen LogP contribution in [0.5, 0.6) is 0 Å². The van der Waals surface area contributed by atoms with Crippen LogP contribution in [0.1, 0.15) is 13.8 Å².